The second kappa shape index (κ2) is 10.8. The van der Waals surface area contributed by atoms with Gasteiger partial charge in [-0.3, -0.25) is 0 Å². The van der Waals surface area contributed by atoms with Crippen molar-refractivity contribution in [2.75, 3.05) is 24.3 Å². The molecular weight excluding hydrogens is 445 g/mol. The lowest BCUT2D eigenvalue weighted by atomic mass is 9.90. The number of allylic oxidation sites excluding steroid dienone is 2. The van der Waals surface area contributed by atoms with E-state index in [-0.39, 0.29) is 18.4 Å². The third-order valence-corrected chi connectivity index (χ3v) is 6.44. The van der Waals surface area contributed by atoms with Crippen LogP contribution in [0.1, 0.15) is 52.0 Å². The number of methoxy groups -OCH3 is 1. The Morgan fingerprint density at radius 1 is 1.00 bits per heavy atom. The number of anilines is 2. The molecule has 0 atom stereocenters. The van der Waals surface area contributed by atoms with Crippen LogP contribution in [0.2, 0.25) is 0 Å². The summed E-state index contributed by atoms with van der Waals surface area (Å²) in [5, 5.41) is 6.83. The minimum Gasteiger partial charge on any atom is -0.497 e. The van der Waals surface area contributed by atoms with E-state index in [1.807, 2.05) is 24.3 Å². The van der Waals surface area contributed by atoms with Gasteiger partial charge in [0.2, 0.25) is 0 Å². The maximum atomic E-state index is 12.5. The highest BCUT2D eigenvalue weighted by Gasteiger charge is 2.28. The van der Waals surface area contributed by atoms with Crippen molar-refractivity contribution in [1.82, 2.24) is 0 Å². The Morgan fingerprint density at radius 3 is 2.27 bits per heavy atom. The van der Waals surface area contributed by atoms with Crippen LogP contribution in [0.4, 0.5) is 24.5 Å². The number of alkyl halides is 3. The first-order chi connectivity index (χ1) is 15.5. The topological polar surface area (TPSA) is 33.3 Å². The minimum atomic E-state index is -4.12. The van der Waals surface area contributed by atoms with Crippen LogP contribution in [-0.4, -0.2) is 19.8 Å². The molecule has 2 N–H and O–H groups in total. The van der Waals surface area contributed by atoms with Gasteiger partial charge < -0.3 is 15.4 Å². The Labute approximate surface area is 199 Å². The Morgan fingerprint density at radius 2 is 1.70 bits per heavy atom. The lowest BCUT2D eigenvalue weighted by Crippen LogP contribution is -2.18. The Hall–Kier alpha value is -2.28. The summed E-state index contributed by atoms with van der Waals surface area (Å²) in [7, 11) is 1.65. The van der Waals surface area contributed by atoms with E-state index >= 15 is 0 Å². The first-order valence-electron chi connectivity index (χ1n) is 11.2. The summed E-state index contributed by atoms with van der Waals surface area (Å²) in [6.07, 6.45) is -2.67. The van der Waals surface area contributed by atoms with Gasteiger partial charge in [0.05, 0.1) is 18.5 Å². The van der Waals surface area contributed by atoms with Gasteiger partial charge in [-0.15, -0.1) is 11.8 Å². The van der Waals surface area contributed by atoms with E-state index in [0.717, 1.165) is 40.6 Å². The van der Waals surface area contributed by atoms with Crippen molar-refractivity contribution in [2.45, 2.75) is 63.3 Å². The minimum absolute atomic E-state index is 0.0361. The van der Waals surface area contributed by atoms with E-state index in [1.54, 1.807) is 18.9 Å². The highest BCUT2D eigenvalue weighted by atomic mass is 32.2. The van der Waals surface area contributed by atoms with Gasteiger partial charge >= 0.3 is 6.18 Å². The monoisotopic (exact) mass is 478 g/mol. The zero-order chi connectivity index (χ0) is 24.1. The van der Waals surface area contributed by atoms with Gasteiger partial charge in [0.15, 0.2) is 0 Å². The number of hydrogen-bond acceptors (Lipinski definition) is 4. The predicted molar refractivity (Wildman–Crippen MR) is 132 cm³/mol. The molecule has 0 bridgehead atoms. The summed E-state index contributed by atoms with van der Waals surface area (Å²) >= 11 is 1.73. The molecule has 3 nitrogen and oxygen atoms in total. The van der Waals surface area contributed by atoms with Gasteiger partial charge in [-0.1, -0.05) is 32.9 Å². The fourth-order valence-electron chi connectivity index (χ4n) is 3.52. The van der Waals surface area contributed by atoms with Gasteiger partial charge in [0, 0.05) is 34.7 Å². The molecule has 1 aliphatic rings. The van der Waals surface area contributed by atoms with Crippen LogP contribution in [0.5, 0.6) is 5.75 Å². The Kier molecular flexibility index (Phi) is 8.27. The van der Waals surface area contributed by atoms with E-state index < -0.39 is 12.6 Å². The van der Waals surface area contributed by atoms with Crippen molar-refractivity contribution in [1.29, 1.82) is 0 Å². The molecule has 0 spiro atoms. The first kappa shape index (κ1) is 25.3. The molecule has 33 heavy (non-hydrogen) atoms. The number of rotatable bonds is 10. The number of ether oxygens (including phenoxy) is 1. The van der Waals surface area contributed by atoms with E-state index in [0.29, 0.717) is 0 Å². The molecule has 1 fully saturated rings. The van der Waals surface area contributed by atoms with Gasteiger partial charge in [-0.25, -0.2) is 0 Å². The first-order valence-corrected chi connectivity index (χ1v) is 12.2. The van der Waals surface area contributed by atoms with Crippen molar-refractivity contribution in [2.24, 2.45) is 5.41 Å². The van der Waals surface area contributed by atoms with Crippen LogP contribution < -0.4 is 15.4 Å². The van der Waals surface area contributed by atoms with Gasteiger partial charge in [0.25, 0.3) is 0 Å². The van der Waals surface area contributed by atoms with Gasteiger partial charge in [0.1, 0.15) is 5.75 Å². The summed E-state index contributed by atoms with van der Waals surface area (Å²) in [6.45, 7) is 6.81. The molecule has 0 amide bonds. The average Bonchev–Trinajstić information content (AvgIpc) is 3.58. The van der Waals surface area contributed by atoms with Crippen molar-refractivity contribution in [3.63, 3.8) is 0 Å². The van der Waals surface area contributed by atoms with Crippen molar-refractivity contribution < 1.29 is 17.9 Å². The van der Waals surface area contributed by atoms with Crippen molar-refractivity contribution in [3.05, 3.63) is 59.3 Å². The molecule has 0 radical (unpaired) electrons. The third kappa shape index (κ3) is 8.22. The van der Waals surface area contributed by atoms with Crippen LogP contribution in [0.25, 0.3) is 0 Å². The number of thioether (sulfide) groups is 1. The molecule has 0 saturated heterocycles. The molecule has 7 heteroatoms. The lowest BCUT2D eigenvalue weighted by Gasteiger charge is -2.26. The van der Waals surface area contributed by atoms with Gasteiger partial charge in [-0.2, -0.15) is 13.2 Å². The summed E-state index contributed by atoms with van der Waals surface area (Å²) in [5.74, 6) is 1.65. The van der Waals surface area contributed by atoms with Crippen LogP contribution in [0.15, 0.2) is 58.6 Å². The predicted octanol–water partition coefficient (Wildman–Crippen LogP) is 8.25. The summed E-state index contributed by atoms with van der Waals surface area (Å²) < 4.78 is 42.8. The molecule has 0 aliphatic heterocycles. The summed E-state index contributed by atoms with van der Waals surface area (Å²) in [5.41, 5.74) is 5.52. The van der Waals surface area contributed by atoms with E-state index in [2.05, 4.69) is 49.6 Å². The molecule has 1 saturated carbocycles. The van der Waals surface area contributed by atoms with E-state index in [4.69, 9.17) is 4.74 Å². The van der Waals surface area contributed by atoms with E-state index in [9.17, 15) is 13.2 Å². The van der Waals surface area contributed by atoms with Gasteiger partial charge in [-0.05, 0) is 60.7 Å². The van der Waals surface area contributed by atoms with Crippen LogP contribution >= 0.6 is 11.8 Å². The molecule has 180 valence electrons. The molecule has 0 aromatic heterocycles. The number of nitrogens with one attached hydrogen (secondary N) is 2. The standard InChI is InChI=1S/C26H33F3N2OS/c1-25(2,3)24(19-8-9-19)31-23-16-21(33-17-18-6-10-20(32-4)11-7-18)12-13-22(23)30-15-5-14-26(27,28)29/h6-7,10-13,16,30-31H,5,8-9,14-15,17H2,1-4H3. The second-order valence-electron chi connectivity index (χ2n) is 9.34. The SMILES string of the molecule is COc1ccc(CSc2ccc(NCCCC(F)(F)F)c(NC(=C3CC3)C(C)(C)C)c2)cc1. The Balaban J connectivity index is 1.75. The zero-order valence-electron chi connectivity index (χ0n) is 19.7. The van der Waals surface area contributed by atoms with Crippen molar-refractivity contribution in [3.8, 4) is 5.75 Å². The maximum absolute atomic E-state index is 12.5. The smallest absolute Gasteiger partial charge is 0.389 e. The molecule has 1 aliphatic carbocycles. The van der Waals surface area contributed by atoms with Crippen LogP contribution in [0.3, 0.4) is 0 Å². The molecule has 0 heterocycles. The highest BCUT2D eigenvalue weighted by Crippen LogP contribution is 2.42. The average molecular weight is 479 g/mol. The third-order valence-electron chi connectivity index (χ3n) is 5.37. The fraction of sp³-hybridized carbons (Fsp3) is 0.462. The van der Waals surface area contributed by atoms with Crippen LogP contribution in [0, 0.1) is 5.41 Å². The number of halogens is 3. The molecule has 0 unspecified atom stereocenters. The summed E-state index contributed by atoms with van der Waals surface area (Å²) in [6, 6.07) is 14.1. The quantitative estimate of drug-likeness (QED) is 0.266. The molecule has 3 rings (SSSR count). The van der Waals surface area contributed by atoms with Crippen LogP contribution in [-0.2, 0) is 5.75 Å². The zero-order valence-corrected chi connectivity index (χ0v) is 20.6. The summed E-state index contributed by atoms with van der Waals surface area (Å²) in [4.78, 5) is 1.10. The van der Waals surface area contributed by atoms with Crippen molar-refractivity contribution >= 4 is 23.1 Å². The Bertz CT molecular complexity index is 957. The fourth-order valence-corrected chi connectivity index (χ4v) is 4.42. The lowest BCUT2D eigenvalue weighted by molar-refractivity contribution is -0.134. The largest absolute Gasteiger partial charge is 0.497 e. The second-order valence-corrected chi connectivity index (χ2v) is 10.4. The molecule has 2 aromatic carbocycles. The number of hydrogen-bond donors (Lipinski definition) is 2. The normalized spacial score (nSPS) is 13.6. The highest BCUT2D eigenvalue weighted by molar-refractivity contribution is 7.98. The maximum Gasteiger partial charge on any atom is 0.389 e. The van der Waals surface area contributed by atoms with E-state index in [1.165, 1.54) is 16.8 Å². The number of benzene rings is 2. The molecular formula is C26H33F3N2OS. The molecule has 2 aromatic rings.